The van der Waals surface area contributed by atoms with Crippen LogP contribution in [0.2, 0.25) is 0 Å². The van der Waals surface area contributed by atoms with Gasteiger partial charge in [0.15, 0.2) is 0 Å². The molecular formula is C32H37F2N3O3S. The van der Waals surface area contributed by atoms with Crippen LogP contribution in [0.25, 0.3) is 0 Å². The number of hydrogen-bond acceptors (Lipinski definition) is 4. The quantitative estimate of drug-likeness (QED) is 0.345. The summed E-state index contributed by atoms with van der Waals surface area (Å²) in [6.45, 7) is 1.65. The molecule has 0 bridgehead atoms. The first-order valence-corrected chi connectivity index (χ1v) is 15.8. The van der Waals surface area contributed by atoms with E-state index < -0.39 is 10.0 Å². The normalized spacial score (nSPS) is 21.7. The van der Waals surface area contributed by atoms with Gasteiger partial charge in [-0.25, -0.2) is 17.2 Å². The Bertz CT molecular complexity index is 1360. The maximum Gasteiger partial charge on any atom is 0.243 e. The molecule has 2 N–H and O–H groups in total. The maximum absolute atomic E-state index is 13.6. The summed E-state index contributed by atoms with van der Waals surface area (Å²) in [6.07, 6.45) is 4.56. The molecule has 3 aromatic carbocycles. The second kappa shape index (κ2) is 13.2. The van der Waals surface area contributed by atoms with Crippen molar-refractivity contribution in [3.05, 3.63) is 102 Å². The van der Waals surface area contributed by atoms with E-state index in [0.717, 1.165) is 36.8 Å². The zero-order valence-electron chi connectivity index (χ0n) is 23.0. The van der Waals surface area contributed by atoms with Gasteiger partial charge in [0.1, 0.15) is 11.6 Å². The molecule has 41 heavy (non-hydrogen) atoms. The molecule has 0 radical (unpaired) electrons. The van der Waals surface area contributed by atoms with Crippen molar-refractivity contribution in [3.63, 3.8) is 0 Å². The first-order chi connectivity index (χ1) is 19.8. The number of carbonyl (C=O) groups is 1. The van der Waals surface area contributed by atoms with Crippen molar-refractivity contribution >= 4 is 15.9 Å². The molecule has 6 nitrogen and oxygen atoms in total. The van der Waals surface area contributed by atoms with Crippen LogP contribution in [-0.2, 0) is 14.8 Å². The summed E-state index contributed by atoms with van der Waals surface area (Å²) in [6, 6.07) is 20.6. The average molecular weight is 582 g/mol. The SMILES string of the molecule is O=C(CC(c1ccc(F)cc1)c1ccc(F)cc1)NC1CCCC1CCC1CNCCN1S(=O)(=O)c1ccccc1. The van der Waals surface area contributed by atoms with Crippen LogP contribution < -0.4 is 10.6 Å². The molecule has 1 amide bonds. The fourth-order valence-electron chi connectivity index (χ4n) is 6.28. The number of hydrogen-bond donors (Lipinski definition) is 2. The molecule has 2 fully saturated rings. The van der Waals surface area contributed by atoms with Gasteiger partial charge in [-0.15, -0.1) is 0 Å². The highest BCUT2D eigenvalue weighted by Crippen LogP contribution is 2.33. The van der Waals surface area contributed by atoms with Crippen LogP contribution in [0.3, 0.4) is 0 Å². The Morgan fingerprint density at radius 1 is 0.902 bits per heavy atom. The minimum Gasteiger partial charge on any atom is -0.353 e. The van der Waals surface area contributed by atoms with Crippen molar-refractivity contribution < 1.29 is 22.0 Å². The molecule has 1 saturated heterocycles. The zero-order chi connectivity index (χ0) is 28.8. The van der Waals surface area contributed by atoms with Crippen molar-refractivity contribution in [2.24, 2.45) is 5.92 Å². The standard InChI is InChI=1S/C32H37F2N3O3S/c33-26-14-9-23(10-15-26)30(24-11-16-27(34)17-12-24)21-32(38)36-31-8-4-5-25(31)13-18-28-22-35-19-20-37(28)41(39,40)29-6-2-1-3-7-29/h1-3,6-7,9-12,14-17,25,28,30-31,35H,4-5,8,13,18-22H2,(H,36,38). The second-order valence-electron chi connectivity index (χ2n) is 11.1. The molecule has 0 aromatic heterocycles. The van der Waals surface area contributed by atoms with Gasteiger partial charge in [-0.1, -0.05) is 48.9 Å². The van der Waals surface area contributed by atoms with Gasteiger partial charge < -0.3 is 10.6 Å². The van der Waals surface area contributed by atoms with E-state index in [0.29, 0.717) is 31.0 Å². The number of benzene rings is 3. The largest absolute Gasteiger partial charge is 0.353 e. The van der Waals surface area contributed by atoms with Crippen molar-refractivity contribution in [1.29, 1.82) is 0 Å². The van der Waals surface area contributed by atoms with Crippen LogP contribution in [0.15, 0.2) is 83.8 Å². The number of carbonyl (C=O) groups excluding carboxylic acids is 1. The summed E-state index contributed by atoms with van der Waals surface area (Å²) in [5.41, 5.74) is 1.58. The van der Waals surface area contributed by atoms with E-state index in [2.05, 4.69) is 10.6 Å². The Labute approximate surface area is 241 Å². The number of amides is 1. The lowest BCUT2D eigenvalue weighted by atomic mass is 9.88. The van der Waals surface area contributed by atoms with Crippen molar-refractivity contribution in [3.8, 4) is 0 Å². The van der Waals surface area contributed by atoms with E-state index in [-0.39, 0.29) is 47.9 Å². The highest BCUT2D eigenvalue weighted by atomic mass is 32.2. The van der Waals surface area contributed by atoms with Gasteiger partial charge in [0.25, 0.3) is 0 Å². The summed E-state index contributed by atoms with van der Waals surface area (Å²) >= 11 is 0. The van der Waals surface area contributed by atoms with Crippen LogP contribution in [0.5, 0.6) is 0 Å². The first kappa shape index (κ1) is 29.4. The Morgan fingerprint density at radius 3 is 2.17 bits per heavy atom. The lowest BCUT2D eigenvalue weighted by Crippen LogP contribution is -2.53. The molecule has 1 aliphatic heterocycles. The number of rotatable bonds is 10. The van der Waals surface area contributed by atoms with E-state index in [1.807, 2.05) is 6.07 Å². The molecule has 218 valence electrons. The average Bonchev–Trinajstić information content (AvgIpc) is 3.43. The van der Waals surface area contributed by atoms with E-state index in [9.17, 15) is 22.0 Å². The molecular weight excluding hydrogens is 544 g/mol. The monoisotopic (exact) mass is 581 g/mol. The minimum absolute atomic E-state index is 0.0142. The molecule has 3 unspecified atom stereocenters. The summed E-state index contributed by atoms with van der Waals surface area (Å²) in [7, 11) is -3.58. The molecule has 1 saturated carbocycles. The van der Waals surface area contributed by atoms with Crippen LogP contribution in [0.1, 0.15) is 55.6 Å². The van der Waals surface area contributed by atoms with E-state index in [4.69, 9.17) is 0 Å². The van der Waals surface area contributed by atoms with Crippen LogP contribution in [0.4, 0.5) is 8.78 Å². The molecule has 1 heterocycles. The van der Waals surface area contributed by atoms with Crippen LogP contribution >= 0.6 is 0 Å². The Morgan fingerprint density at radius 2 is 1.54 bits per heavy atom. The van der Waals surface area contributed by atoms with Gasteiger partial charge in [0, 0.05) is 44.1 Å². The maximum atomic E-state index is 13.6. The zero-order valence-corrected chi connectivity index (χ0v) is 23.8. The number of nitrogens with one attached hydrogen (secondary N) is 2. The third-order valence-corrected chi connectivity index (χ3v) is 10.4. The third kappa shape index (κ3) is 7.20. The Kier molecular flexibility index (Phi) is 9.47. The first-order valence-electron chi connectivity index (χ1n) is 14.4. The number of halogens is 2. The molecule has 3 atom stereocenters. The minimum atomic E-state index is -3.58. The molecule has 9 heteroatoms. The smallest absolute Gasteiger partial charge is 0.243 e. The predicted molar refractivity (Wildman–Crippen MR) is 155 cm³/mol. The van der Waals surface area contributed by atoms with Gasteiger partial charge in [-0.3, -0.25) is 4.79 Å². The van der Waals surface area contributed by atoms with E-state index in [1.54, 1.807) is 52.8 Å². The van der Waals surface area contributed by atoms with Crippen molar-refractivity contribution in [2.45, 2.75) is 61.4 Å². The lowest BCUT2D eigenvalue weighted by molar-refractivity contribution is -0.122. The third-order valence-electron chi connectivity index (χ3n) is 8.46. The molecule has 3 aromatic rings. The summed E-state index contributed by atoms with van der Waals surface area (Å²) in [5.74, 6) is -0.882. The Balaban J connectivity index is 1.23. The number of nitrogens with zero attached hydrogens (tertiary/aromatic N) is 1. The number of piperazine rings is 1. The number of sulfonamides is 1. The van der Waals surface area contributed by atoms with E-state index >= 15 is 0 Å². The summed E-state index contributed by atoms with van der Waals surface area (Å²) in [4.78, 5) is 13.6. The van der Waals surface area contributed by atoms with Crippen molar-refractivity contribution in [1.82, 2.24) is 14.9 Å². The molecule has 1 aliphatic carbocycles. The van der Waals surface area contributed by atoms with E-state index in [1.165, 1.54) is 24.3 Å². The van der Waals surface area contributed by atoms with Gasteiger partial charge >= 0.3 is 0 Å². The van der Waals surface area contributed by atoms with Crippen LogP contribution in [0, 0.1) is 17.6 Å². The Hall–Kier alpha value is -3.14. The predicted octanol–water partition coefficient (Wildman–Crippen LogP) is 5.21. The fourth-order valence-corrected chi connectivity index (χ4v) is 7.96. The topological polar surface area (TPSA) is 78.5 Å². The highest BCUT2D eigenvalue weighted by molar-refractivity contribution is 7.89. The molecule has 0 spiro atoms. The van der Waals surface area contributed by atoms with Gasteiger partial charge in [0.05, 0.1) is 4.90 Å². The fraction of sp³-hybridized carbons (Fsp3) is 0.406. The second-order valence-corrected chi connectivity index (χ2v) is 13.0. The van der Waals surface area contributed by atoms with Crippen molar-refractivity contribution in [2.75, 3.05) is 19.6 Å². The lowest BCUT2D eigenvalue weighted by Gasteiger charge is -2.36. The molecule has 2 aliphatic rings. The van der Waals surface area contributed by atoms with Crippen LogP contribution in [-0.4, -0.2) is 50.3 Å². The van der Waals surface area contributed by atoms with Gasteiger partial charge in [0.2, 0.25) is 15.9 Å². The van der Waals surface area contributed by atoms with Gasteiger partial charge in [-0.05, 0) is 79.1 Å². The summed E-state index contributed by atoms with van der Waals surface area (Å²) in [5, 5.41) is 6.59. The summed E-state index contributed by atoms with van der Waals surface area (Å²) < 4.78 is 55.6. The highest BCUT2D eigenvalue weighted by Gasteiger charge is 2.35. The molecule has 5 rings (SSSR count). The van der Waals surface area contributed by atoms with Gasteiger partial charge in [-0.2, -0.15) is 4.31 Å².